The van der Waals surface area contributed by atoms with Crippen molar-refractivity contribution in [3.05, 3.63) is 34.9 Å². The van der Waals surface area contributed by atoms with Crippen molar-refractivity contribution in [2.24, 2.45) is 0 Å². The number of nitrogens with one attached hydrogen (secondary N) is 1. The average molecular weight is 232 g/mol. The second-order valence-electron chi connectivity index (χ2n) is 4.85. The minimum absolute atomic E-state index is 0.166. The molecule has 1 aliphatic rings. The predicted octanol–water partition coefficient (Wildman–Crippen LogP) is 1.74. The molecule has 2 rings (SSSR count). The highest BCUT2D eigenvalue weighted by molar-refractivity contribution is 5.96. The fourth-order valence-electron chi connectivity index (χ4n) is 2.27. The van der Waals surface area contributed by atoms with E-state index in [4.69, 9.17) is 0 Å². The number of benzene rings is 1. The van der Waals surface area contributed by atoms with Crippen molar-refractivity contribution in [3.8, 4) is 0 Å². The molecule has 0 radical (unpaired) electrons. The normalized spacial score (nSPS) is 20.4. The SMILES string of the molecule is Cc1cccc(C(=O)N2CCN[C@@H](C)C2)c1C. The smallest absolute Gasteiger partial charge is 0.254 e. The largest absolute Gasteiger partial charge is 0.336 e. The van der Waals surface area contributed by atoms with Crippen molar-refractivity contribution < 1.29 is 4.79 Å². The van der Waals surface area contributed by atoms with E-state index in [9.17, 15) is 4.79 Å². The molecule has 3 heteroatoms. The lowest BCUT2D eigenvalue weighted by atomic mass is 10.0. The molecule has 0 aliphatic carbocycles. The van der Waals surface area contributed by atoms with Crippen molar-refractivity contribution in [1.29, 1.82) is 0 Å². The quantitative estimate of drug-likeness (QED) is 0.800. The number of carbonyl (C=O) groups excluding carboxylic acids is 1. The summed E-state index contributed by atoms with van der Waals surface area (Å²) in [6, 6.07) is 6.32. The Bertz CT molecular complexity index is 428. The molecule has 1 N–H and O–H groups in total. The van der Waals surface area contributed by atoms with Gasteiger partial charge in [-0.15, -0.1) is 0 Å². The summed E-state index contributed by atoms with van der Waals surface area (Å²) in [6.45, 7) is 8.67. The van der Waals surface area contributed by atoms with E-state index in [2.05, 4.69) is 12.2 Å². The van der Waals surface area contributed by atoms with Gasteiger partial charge in [-0.1, -0.05) is 12.1 Å². The van der Waals surface area contributed by atoms with Gasteiger partial charge in [0.1, 0.15) is 0 Å². The second-order valence-corrected chi connectivity index (χ2v) is 4.85. The Morgan fingerprint density at radius 2 is 2.18 bits per heavy atom. The number of aryl methyl sites for hydroxylation is 1. The molecule has 1 heterocycles. The monoisotopic (exact) mass is 232 g/mol. The van der Waals surface area contributed by atoms with Crippen molar-refractivity contribution in [2.45, 2.75) is 26.8 Å². The van der Waals surface area contributed by atoms with E-state index >= 15 is 0 Å². The zero-order chi connectivity index (χ0) is 12.4. The minimum Gasteiger partial charge on any atom is -0.336 e. The van der Waals surface area contributed by atoms with E-state index < -0.39 is 0 Å². The summed E-state index contributed by atoms with van der Waals surface area (Å²) in [4.78, 5) is 14.4. The Morgan fingerprint density at radius 3 is 2.88 bits per heavy atom. The van der Waals surface area contributed by atoms with Gasteiger partial charge in [-0.2, -0.15) is 0 Å². The van der Waals surface area contributed by atoms with Crippen LogP contribution in [0.25, 0.3) is 0 Å². The molecule has 1 aromatic carbocycles. The Kier molecular flexibility index (Phi) is 3.48. The maximum atomic E-state index is 12.4. The number of hydrogen-bond donors (Lipinski definition) is 1. The first kappa shape index (κ1) is 12.1. The van der Waals surface area contributed by atoms with E-state index in [1.807, 2.05) is 36.9 Å². The topological polar surface area (TPSA) is 32.3 Å². The standard InChI is InChI=1S/C14H20N2O/c1-10-5-4-6-13(12(10)3)14(17)16-8-7-15-11(2)9-16/h4-6,11,15H,7-9H2,1-3H3/t11-/m0/s1. The highest BCUT2D eigenvalue weighted by atomic mass is 16.2. The van der Waals surface area contributed by atoms with Crippen molar-refractivity contribution >= 4 is 5.91 Å². The summed E-state index contributed by atoms with van der Waals surface area (Å²) < 4.78 is 0. The lowest BCUT2D eigenvalue weighted by Gasteiger charge is -2.32. The molecule has 3 nitrogen and oxygen atoms in total. The van der Waals surface area contributed by atoms with Gasteiger partial charge in [-0.25, -0.2) is 0 Å². The van der Waals surface area contributed by atoms with Crippen LogP contribution < -0.4 is 5.32 Å². The van der Waals surface area contributed by atoms with Crippen molar-refractivity contribution in [1.82, 2.24) is 10.2 Å². The Morgan fingerprint density at radius 1 is 1.41 bits per heavy atom. The van der Waals surface area contributed by atoms with E-state index in [1.165, 1.54) is 5.56 Å². The molecule has 1 atom stereocenters. The van der Waals surface area contributed by atoms with Gasteiger partial charge in [-0.3, -0.25) is 4.79 Å². The van der Waals surface area contributed by atoms with Gasteiger partial charge in [0.2, 0.25) is 0 Å². The third-order valence-electron chi connectivity index (χ3n) is 3.49. The van der Waals surface area contributed by atoms with E-state index in [0.717, 1.165) is 30.8 Å². The van der Waals surface area contributed by atoms with Crippen LogP contribution in [-0.4, -0.2) is 36.5 Å². The van der Waals surface area contributed by atoms with E-state index in [1.54, 1.807) is 0 Å². The van der Waals surface area contributed by atoms with Gasteiger partial charge in [-0.05, 0) is 38.0 Å². The third-order valence-corrected chi connectivity index (χ3v) is 3.49. The first-order valence-corrected chi connectivity index (χ1v) is 6.18. The molecule has 1 aliphatic heterocycles. The maximum absolute atomic E-state index is 12.4. The number of amides is 1. The molecular weight excluding hydrogens is 212 g/mol. The number of carbonyl (C=O) groups is 1. The van der Waals surface area contributed by atoms with Gasteiger partial charge < -0.3 is 10.2 Å². The minimum atomic E-state index is 0.166. The van der Waals surface area contributed by atoms with E-state index in [-0.39, 0.29) is 5.91 Å². The Hall–Kier alpha value is -1.35. The highest BCUT2D eigenvalue weighted by Gasteiger charge is 2.22. The summed E-state index contributed by atoms with van der Waals surface area (Å²) in [5.41, 5.74) is 3.13. The summed E-state index contributed by atoms with van der Waals surface area (Å²) in [5.74, 6) is 0.166. The van der Waals surface area contributed by atoms with Gasteiger partial charge in [0.05, 0.1) is 0 Å². The molecular formula is C14H20N2O. The summed E-state index contributed by atoms with van der Waals surface area (Å²) in [7, 11) is 0. The molecule has 1 fully saturated rings. The van der Waals surface area contributed by atoms with Crippen LogP contribution in [0.1, 0.15) is 28.4 Å². The van der Waals surface area contributed by atoms with Crippen LogP contribution in [0.2, 0.25) is 0 Å². The number of rotatable bonds is 1. The molecule has 92 valence electrons. The van der Waals surface area contributed by atoms with Gasteiger partial charge in [0.25, 0.3) is 5.91 Å². The van der Waals surface area contributed by atoms with Crippen LogP contribution in [0.4, 0.5) is 0 Å². The summed E-state index contributed by atoms with van der Waals surface area (Å²) >= 11 is 0. The maximum Gasteiger partial charge on any atom is 0.254 e. The van der Waals surface area contributed by atoms with Crippen LogP contribution >= 0.6 is 0 Å². The predicted molar refractivity (Wildman–Crippen MR) is 69.3 cm³/mol. The fourth-order valence-corrected chi connectivity index (χ4v) is 2.27. The second kappa shape index (κ2) is 4.88. The van der Waals surface area contributed by atoms with Crippen LogP contribution in [0.15, 0.2) is 18.2 Å². The molecule has 17 heavy (non-hydrogen) atoms. The van der Waals surface area contributed by atoms with Gasteiger partial charge >= 0.3 is 0 Å². The number of hydrogen-bond acceptors (Lipinski definition) is 2. The van der Waals surface area contributed by atoms with Crippen LogP contribution in [0.3, 0.4) is 0 Å². The summed E-state index contributed by atoms with van der Waals surface area (Å²) in [6.07, 6.45) is 0. The van der Waals surface area contributed by atoms with E-state index in [0.29, 0.717) is 6.04 Å². The van der Waals surface area contributed by atoms with Gasteiger partial charge in [0.15, 0.2) is 0 Å². The lowest BCUT2D eigenvalue weighted by molar-refractivity contribution is 0.0708. The zero-order valence-corrected chi connectivity index (χ0v) is 10.8. The molecule has 0 unspecified atom stereocenters. The van der Waals surface area contributed by atoms with Crippen molar-refractivity contribution in [3.63, 3.8) is 0 Å². The fraction of sp³-hybridized carbons (Fsp3) is 0.500. The molecule has 0 bridgehead atoms. The molecule has 0 saturated carbocycles. The Labute approximate surface area is 103 Å². The molecule has 0 aromatic heterocycles. The lowest BCUT2D eigenvalue weighted by Crippen LogP contribution is -2.51. The first-order valence-electron chi connectivity index (χ1n) is 6.18. The molecule has 0 spiro atoms. The Balaban J connectivity index is 2.22. The first-order chi connectivity index (χ1) is 8.09. The van der Waals surface area contributed by atoms with Crippen LogP contribution in [-0.2, 0) is 0 Å². The molecule has 1 aromatic rings. The molecule has 1 amide bonds. The number of nitrogens with zero attached hydrogens (tertiary/aromatic N) is 1. The average Bonchev–Trinajstić information content (AvgIpc) is 2.32. The molecule has 1 saturated heterocycles. The van der Waals surface area contributed by atoms with Crippen LogP contribution in [0, 0.1) is 13.8 Å². The van der Waals surface area contributed by atoms with Crippen LogP contribution in [0.5, 0.6) is 0 Å². The highest BCUT2D eigenvalue weighted by Crippen LogP contribution is 2.15. The van der Waals surface area contributed by atoms with Gasteiger partial charge in [0, 0.05) is 31.2 Å². The zero-order valence-electron chi connectivity index (χ0n) is 10.8. The summed E-state index contributed by atoms with van der Waals surface area (Å²) in [5, 5.41) is 3.35. The number of piperazine rings is 1. The van der Waals surface area contributed by atoms with Crippen molar-refractivity contribution in [2.75, 3.05) is 19.6 Å². The third kappa shape index (κ3) is 2.50.